The van der Waals surface area contributed by atoms with Crippen LogP contribution in [0.25, 0.3) is 11.8 Å². The smallest absolute Gasteiger partial charge is 0.343 e. The van der Waals surface area contributed by atoms with Crippen molar-refractivity contribution >= 4 is 17.8 Å². The van der Waals surface area contributed by atoms with E-state index in [0.717, 1.165) is 22.5 Å². The van der Waals surface area contributed by atoms with Crippen LogP contribution in [0.2, 0.25) is 0 Å². The fourth-order valence-corrected chi connectivity index (χ4v) is 2.31. The highest BCUT2D eigenvalue weighted by atomic mass is 16.5. The highest BCUT2D eigenvalue weighted by Gasteiger charge is 2.23. The standard InChI is InChI=1S/C18H16O3/c1-11-4-5-12(2)16(8-11)17-10-14(18(19)21-17)9-15-7-6-13(3)20-15/h4-10H,1-3H3. The highest BCUT2D eigenvalue weighted by Crippen LogP contribution is 2.30. The molecule has 3 heteroatoms. The molecule has 0 unspecified atom stereocenters. The molecule has 1 aromatic heterocycles. The molecule has 2 aromatic rings. The zero-order chi connectivity index (χ0) is 15.0. The van der Waals surface area contributed by atoms with Crippen LogP contribution in [0.5, 0.6) is 0 Å². The van der Waals surface area contributed by atoms with Gasteiger partial charge < -0.3 is 9.15 Å². The Kier molecular flexibility index (Phi) is 3.26. The van der Waals surface area contributed by atoms with Gasteiger partial charge in [0.2, 0.25) is 0 Å². The van der Waals surface area contributed by atoms with Crippen LogP contribution in [0.15, 0.2) is 46.4 Å². The van der Waals surface area contributed by atoms with E-state index in [9.17, 15) is 4.79 Å². The molecule has 0 amide bonds. The predicted molar refractivity (Wildman–Crippen MR) is 81.4 cm³/mol. The average Bonchev–Trinajstić information content (AvgIpc) is 3.00. The van der Waals surface area contributed by atoms with Gasteiger partial charge in [-0.25, -0.2) is 4.79 Å². The van der Waals surface area contributed by atoms with E-state index >= 15 is 0 Å². The molecule has 3 rings (SSSR count). The molecule has 21 heavy (non-hydrogen) atoms. The van der Waals surface area contributed by atoms with Crippen LogP contribution in [-0.2, 0) is 9.53 Å². The number of esters is 1. The monoisotopic (exact) mass is 280 g/mol. The normalized spacial score (nSPS) is 16.2. The lowest BCUT2D eigenvalue weighted by atomic mass is 10.0. The third-order valence-electron chi connectivity index (χ3n) is 3.44. The molecule has 0 saturated heterocycles. The number of benzene rings is 1. The maximum absolute atomic E-state index is 12.0. The van der Waals surface area contributed by atoms with Gasteiger partial charge in [0.05, 0.1) is 5.57 Å². The van der Waals surface area contributed by atoms with E-state index in [2.05, 4.69) is 0 Å². The van der Waals surface area contributed by atoms with Crippen molar-refractivity contribution in [2.24, 2.45) is 0 Å². The number of rotatable bonds is 2. The summed E-state index contributed by atoms with van der Waals surface area (Å²) in [7, 11) is 0. The summed E-state index contributed by atoms with van der Waals surface area (Å²) in [5.74, 6) is 1.71. The maximum atomic E-state index is 12.0. The number of hydrogen-bond donors (Lipinski definition) is 0. The maximum Gasteiger partial charge on any atom is 0.343 e. The number of carbonyl (C=O) groups excluding carboxylic acids is 1. The Morgan fingerprint density at radius 3 is 2.57 bits per heavy atom. The predicted octanol–water partition coefficient (Wildman–Crippen LogP) is 4.19. The first-order valence-corrected chi connectivity index (χ1v) is 6.82. The number of carbonyl (C=O) groups is 1. The van der Waals surface area contributed by atoms with Crippen LogP contribution < -0.4 is 0 Å². The molecule has 0 aliphatic carbocycles. The summed E-state index contributed by atoms with van der Waals surface area (Å²) < 4.78 is 10.9. The Balaban J connectivity index is 1.99. The van der Waals surface area contributed by atoms with E-state index < -0.39 is 0 Å². The molecule has 2 heterocycles. The number of cyclic esters (lactones) is 1. The Hall–Kier alpha value is -2.55. The molecule has 0 fully saturated rings. The molecule has 0 bridgehead atoms. The second-order valence-electron chi connectivity index (χ2n) is 5.26. The fraction of sp³-hybridized carbons (Fsp3) is 0.167. The SMILES string of the molecule is Cc1ccc(C)c(C2=CC(=Cc3ccc(C)o3)C(=O)O2)c1. The fourth-order valence-electron chi connectivity index (χ4n) is 2.31. The van der Waals surface area contributed by atoms with Crippen LogP contribution >= 0.6 is 0 Å². The summed E-state index contributed by atoms with van der Waals surface area (Å²) in [6.07, 6.45) is 3.47. The molecule has 1 aliphatic heterocycles. The molecule has 0 atom stereocenters. The summed E-state index contributed by atoms with van der Waals surface area (Å²) in [5.41, 5.74) is 3.66. The van der Waals surface area contributed by atoms with Gasteiger partial charge in [-0.1, -0.05) is 17.7 Å². The van der Waals surface area contributed by atoms with E-state index in [1.165, 1.54) is 0 Å². The van der Waals surface area contributed by atoms with E-state index in [1.54, 1.807) is 12.2 Å². The molecule has 106 valence electrons. The first-order valence-electron chi connectivity index (χ1n) is 6.82. The van der Waals surface area contributed by atoms with Crippen molar-refractivity contribution in [2.75, 3.05) is 0 Å². The third-order valence-corrected chi connectivity index (χ3v) is 3.44. The van der Waals surface area contributed by atoms with Crippen LogP contribution in [-0.4, -0.2) is 5.97 Å². The summed E-state index contributed by atoms with van der Waals surface area (Å²) in [4.78, 5) is 12.0. The summed E-state index contributed by atoms with van der Waals surface area (Å²) in [5, 5.41) is 0. The van der Waals surface area contributed by atoms with Crippen LogP contribution in [0.4, 0.5) is 0 Å². The topological polar surface area (TPSA) is 39.4 Å². The van der Waals surface area contributed by atoms with Gasteiger partial charge in [-0.2, -0.15) is 0 Å². The van der Waals surface area contributed by atoms with Crippen molar-refractivity contribution in [1.29, 1.82) is 0 Å². The van der Waals surface area contributed by atoms with E-state index in [4.69, 9.17) is 9.15 Å². The largest absolute Gasteiger partial charge is 0.462 e. The number of hydrogen-bond acceptors (Lipinski definition) is 3. The van der Waals surface area contributed by atoms with Crippen molar-refractivity contribution in [3.8, 4) is 0 Å². The number of aryl methyl sites for hydroxylation is 3. The lowest BCUT2D eigenvalue weighted by molar-refractivity contribution is -0.130. The first kappa shape index (κ1) is 13.4. The number of furan rings is 1. The second-order valence-corrected chi connectivity index (χ2v) is 5.26. The van der Waals surface area contributed by atoms with Crippen molar-refractivity contribution in [1.82, 2.24) is 0 Å². The Labute approximate surface area is 123 Å². The minimum absolute atomic E-state index is 0.347. The number of ether oxygens (including phenoxy) is 1. The van der Waals surface area contributed by atoms with Gasteiger partial charge >= 0.3 is 5.97 Å². The van der Waals surface area contributed by atoms with Gasteiger partial charge in [0.15, 0.2) is 0 Å². The van der Waals surface area contributed by atoms with Crippen LogP contribution in [0.3, 0.4) is 0 Å². The molecule has 0 saturated carbocycles. The van der Waals surface area contributed by atoms with Crippen LogP contribution in [0, 0.1) is 20.8 Å². The van der Waals surface area contributed by atoms with Gasteiger partial charge in [0.25, 0.3) is 0 Å². The van der Waals surface area contributed by atoms with Gasteiger partial charge in [0, 0.05) is 5.56 Å². The van der Waals surface area contributed by atoms with E-state index in [1.807, 2.05) is 51.1 Å². The van der Waals surface area contributed by atoms with Gasteiger partial charge in [0.1, 0.15) is 17.3 Å². The molecule has 0 radical (unpaired) electrons. The Morgan fingerprint density at radius 1 is 1.05 bits per heavy atom. The highest BCUT2D eigenvalue weighted by molar-refractivity contribution is 6.05. The molecule has 0 N–H and O–H groups in total. The minimum atomic E-state index is -0.347. The van der Waals surface area contributed by atoms with Gasteiger partial charge in [-0.15, -0.1) is 0 Å². The molecular weight excluding hydrogens is 264 g/mol. The van der Waals surface area contributed by atoms with Crippen molar-refractivity contribution in [3.05, 3.63) is 70.2 Å². The first-order chi connectivity index (χ1) is 10.0. The second kappa shape index (κ2) is 5.09. The molecule has 1 aromatic carbocycles. The van der Waals surface area contributed by atoms with Crippen LogP contribution in [0.1, 0.15) is 28.2 Å². The zero-order valence-electron chi connectivity index (χ0n) is 12.3. The minimum Gasteiger partial charge on any atom is -0.462 e. The lowest BCUT2D eigenvalue weighted by Gasteiger charge is -2.06. The zero-order valence-corrected chi connectivity index (χ0v) is 12.3. The van der Waals surface area contributed by atoms with Crippen molar-refractivity contribution in [3.63, 3.8) is 0 Å². The van der Waals surface area contributed by atoms with E-state index in [0.29, 0.717) is 17.1 Å². The molecule has 3 nitrogen and oxygen atoms in total. The van der Waals surface area contributed by atoms with Crippen molar-refractivity contribution in [2.45, 2.75) is 20.8 Å². The van der Waals surface area contributed by atoms with Gasteiger partial charge in [-0.3, -0.25) is 0 Å². The quantitative estimate of drug-likeness (QED) is 0.611. The Morgan fingerprint density at radius 2 is 1.86 bits per heavy atom. The lowest BCUT2D eigenvalue weighted by Crippen LogP contribution is -1.98. The van der Waals surface area contributed by atoms with Crippen molar-refractivity contribution < 1.29 is 13.9 Å². The average molecular weight is 280 g/mol. The van der Waals surface area contributed by atoms with Gasteiger partial charge in [-0.05, 0) is 56.7 Å². The molecule has 0 spiro atoms. The summed E-state index contributed by atoms with van der Waals surface area (Å²) >= 11 is 0. The molecule has 1 aliphatic rings. The Bertz CT molecular complexity index is 776. The molecular formula is C18H16O3. The summed E-state index contributed by atoms with van der Waals surface area (Å²) in [6, 6.07) is 9.78. The summed E-state index contributed by atoms with van der Waals surface area (Å²) in [6.45, 7) is 5.88. The third kappa shape index (κ3) is 2.68. The van der Waals surface area contributed by atoms with E-state index in [-0.39, 0.29) is 5.97 Å².